The summed E-state index contributed by atoms with van der Waals surface area (Å²) in [4.78, 5) is 29.1. The number of hydrogen-bond acceptors (Lipinski definition) is 4. The van der Waals surface area contributed by atoms with Crippen LogP contribution in [-0.4, -0.2) is 55.0 Å². The molecule has 0 aliphatic carbocycles. The van der Waals surface area contributed by atoms with Crippen LogP contribution in [0.25, 0.3) is 0 Å². The minimum Gasteiger partial charge on any atom is -0.494 e. The van der Waals surface area contributed by atoms with Gasteiger partial charge in [0.1, 0.15) is 12.4 Å². The van der Waals surface area contributed by atoms with Crippen molar-refractivity contribution in [2.45, 2.75) is 19.4 Å². The minimum absolute atomic E-state index is 0.00430. The molecule has 0 N–H and O–H groups in total. The number of fused-ring (bicyclic) bond motifs is 1. The Balaban J connectivity index is 1.56. The number of halogens is 1. The van der Waals surface area contributed by atoms with Gasteiger partial charge in [-0.2, -0.15) is 0 Å². The van der Waals surface area contributed by atoms with Crippen LogP contribution in [0, 0.1) is 5.82 Å². The van der Waals surface area contributed by atoms with Crippen molar-refractivity contribution < 1.29 is 23.5 Å². The van der Waals surface area contributed by atoms with Crippen molar-refractivity contribution in [3.8, 4) is 11.5 Å². The van der Waals surface area contributed by atoms with Crippen LogP contribution in [0.3, 0.4) is 0 Å². The summed E-state index contributed by atoms with van der Waals surface area (Å²) in [7, 11) is 1.38. The van der Waals surface area contributed by atoms with Crippen LogP contribution in [0.2, 0.25) is 0 Å². The summed E-state index contributed by atoms with van der Waals surface area (Å²) < 4.78 is 24.7. The average Bonchev–Trinajstić information content (AvgIpc) is 3.19. The summed E-state index contributed by atoms with van der Waals surface area (Å²) >= 11 is 0. The fraction of sp³-hybridized carbons (Fsp3) is 0.364. The number of likely N-dealkylation sites (tertiary alicyclic amines) is 1. The molecule has 2 heterocycles. The Hall–Kier alpha value is -3.09. The first kappa shape index (κ1) is 19.2. The lowest BCUT2D eigenvalue weighted by atomic mass is 10.1. The van der Waals surface area contributed by atoms with Gasteiger partial charge in [0.25, 0.3) is 11.8 Å². The van der Waals surface area contributed by atoms with E-state index in [1.165, 1.54) is 19.2 Å². The third kappa shape index (κ3) is 3.90. The standard InChI is InChI=1S/C22H23FN2O4/c1-28-20-7-5-16(13-18(20)23)22(27)25-10-11-29-19-6-4-15(12-17(19)14-25)21(26)24-8-2-3-9-24/h4-7,12-13H,2-3,8-11,14H2,1H3. The molecule has 0 unspecified atom stereocenters. The van der Waals surface area contributed by atoms with E-state index in [1.807, 2.05) is 4.90 Å². The van der Waals surface area contributed by atoms with Crippen LogP contribution in [0.5, 0.6) is 11.5 Å². The summed E-state index contributed by atoms with van der Waals surface area (Å²) in [6.45, 7) is 2.55. The number of rotatable bonds is 3. The zero-order valence-corrected chi connectivity index (χ0v) is 16.3. The lowest BCUT2D eigenvalue weighted by Crippen LogP contribution is -2.32. The maximum absolute atomic E-state index is 14.0. The van der Waals surface area contributed by atoms with E-state index < -0.39 is 5.82 Å². The van der Waals surface area contributed by atoms with Gasteiger partial charge in [0, 0.05) is 36.3 Å². The van der Waals surface area contributed by atoms with E-state index in [1.54, 1.807) is 29.2 Å². The fourth-order valence-corrected chi connectivity index (χ4v) is 3.79. The van der Waals surface area contributed by atoms with Crippen molar-refractivity contribution in [2.75, 3.05) is 33.4 Å². The molecule has 0 radical (unpaired) electrons. The number of amides is 2. The van der Waals surface area contributed by atoms with Crippen molar-refractivity contribution in [3.05, 3.63) is 58.9 Å². The second kappa shape index (κ2) is 8.11. The molecule has 2 aromatic carbocycles. The van der Waals surface area contributed by atoms with Crippen LogP contribution >= 0.6 is 0 Å². The summed E-state index contributed by atoms with van der Waals surface area (Å²) in [6, 6.07) is 9.54. The van der Waals surface area contributed by atoms with Gasteiger partial charge in [0.05, 0.1) is 13.7 Å². The van der Waals surface area contributed by atoms with Gasteiger partial charge in [-0.1, -0.05) is 0 Å². The minimum atomic E-state index is -0.580. The molecule has 2 aliphatic rings. The van der Waals surface area contributed by atoms with Crippen LogP contribution in [0.1, 0.15) is 39.1 Å². The second-order valence-electron chi connectivity index (χ2n) is 7.25. The van der Waals surface area contributed by atoms with Gasteiger partial charge in [-0.25, -0.2) is 4.39 Å². The topological polar surface area (TPSA) is 59.1 Å². The average molecular weight is 398 g/mol. The maximum Gasteiger partial charge on any atom is 0.254 e. The molecule has 6 nitrogen and oxygen atoms in total. The van der Waals surface area contributed by atoms with E-state index in [2.05, 4.69) is 0 Å². The van der Waals surface area contributed by atoms with Gasteiger partial charge in [-0.15, -0.1) is 0 Å². The highest BCUT2D eigenvalue weighted by Crippen LogP contribution is 2.27. The second-order valence-corrected chi connectivity index (χ2v) is 7.25. The Bertz CT molecular complexity index is 940. The summed E-state index contributed by atoms with van der Waals surface area (Å²) in [5.74, 6) is -0.109. The number of hydrogen-bond donors (Lipinski definition) is 0. The summed E-state index contributed by atoms with van der Waals surface area (Å²) in [6.07, 6.45) is 2.06. The number of benzene rings is 2. The van der Waals surface area contributed by atoms with Crippen molar-refractivity contribution in [1.29, 1.82) is 0 Å². The zero-order chi connectivity index (χ0) is 20.4. The first-order valence-corrected chi connectivity index (χ1v) is 9.74. The molecule has 2 amide bonds. The molecule has 1 fully saturated rings. The van der Waals surface area contributed by atoms with E-state index >= 15 is 0 Å². The summed E-state index contributed by atoms with van der Waals surface area (Å²) in [5.41, 5.74) is 1.62. The molecule has 1 saturated heterocycles. The van der Waals surface area contributed by atoms with Crippen LogP contribution in [-0.2, 0) is 6.54 Å². The van der Waals surface area contributed by atoms with E-state index in [0.29, 0.717) is 31.0 Å². The molecule has 29 heavy (non-hydrogen) atoms. The van der Waals surface area contributed by atoms with Crippen LogP contribution < -0.4 is 9.47 Å². The maximum atomic E-state index is 14.0. The third-order valence-corrected chi connectivity index (χ3v) is 5.37. The molecule has 7 heteroatoms. The molecule has 0 aromatic heterocycles. The lowest BCUT2D eigenvalue weighted by Gasteiger charge is -2.21. The molecule has 4 rings (SSSR count). The molecule has 2 aromatic rings. The van der Waals surface area contributed by atoms with Gasteiger partial charge in [-0.05, 0) is 49.2 Å². The SMILES string of the molecule is COc1ccc(C(=O)N2CCOc3ccc(C(=O)N4CCCC4)cc3C2)cc1F. The quantitative estimate of drug-likeness (QED) is 0.797. The Morgan fingerprint density at radius 3 is 2.38 bits per heavy atom. The highest BCUT2D eigenvalue weighted by molar-refractivity contribution is 5.95. The lowest BCUT2D eigenvalue weighted by molar-refractivity contribution is 0.0732. The van der Waals surface area contributed by atoms with Crippen LogP contribution in [0.4, 0.5) is 4.39 Å². The third-order valence-electron chi connectivity index (χ3n) is 5.37. The van der Waals surface area contributed by atoms with E-state index in [-0.39, 0.29) is 23.1 Å². The van der Waals surface area contributed by atoms with E-state index in [9.17, 15) is 14.0 Å². The van der Waals surface area contributed by atoms with Crippen molar-refractivity contribution in [1.82, 2.24) is 9.80 Å². The number of nitrogens with zero attached hydrogens (tertiary/aromatic N) is 2. The molecule has 152 valence electrons. The number of methoxy groups -OCH3 is 1. The molecule has 0 atom stereocenters. The van der Waals surface area contributed by atoms with Gasteiger partial charge in [0.2, 0.25) is 0 Å². The summed E-state index contributed by atoms with van der Waals surface area (Å²) in [5, 5.41) is 0. The Kier molecular flexibility index (Phi) is 5.38. The zero-order valence-electron chi connectivity index (χ0n) is 16.3. The van der Waals surface area contributed by atoms with E-state index in [0.717, 1.165) is 31.5 Å². The molecule has 0 saturated carbocycles. The molecular formula is C22H23FN2O4. The predicted octanol–water partition coefficient (Wildman–Crippen LogP) is 3.11. The first-order chi connectivity index (χ1) is 14.1. The largest absolute Gasteiger partial charge is 0.494 e. The highest BCUT2D eigenvalue weighted by Gasteiger charge is 2.25. The monoisotopic (exact) mass is 398 g/mol. The van der Waals surface area contributed by atoms with Gasteiger partial charge < -0.3 is 19.3 Å². The predicted molar refractivity (Wildman–Crippen MR) is 105 cm³/mol. The Morgan fingerprint density at radius 2 is 1.66 bits per heavy atom. The van der Waals surface area contributed by atoms with Crippen LogP contribution in [0.15, 0.2) is 36.4 Å². The fourth-order valence-electron chi connectivity index (χ4n) is 3.79. The number of ether oxygens (including phenoxy) is 2. The van der Waals surface area contributed by atoms with E-state index in [4.69, 9.17) is 9.47 Å². The van der Waals surface area contributed by atoms with Crippen molar-refractivity contribution >= 4 is 11.8 Å². The van der Waals surface area contributed by atoms with Gasteiger partial charge in [-0.3, -0.25) is 9.59 Å². The Labute approximate surface area is 168 Å². The molecule has 0 spiro atoms. The number of carbonyl (C=O) groups excluding carboxylic acids is 2. The van der Waals surface area contributed by atoms with Gasteiger partial charge in [0.15, 0.2) is 11.6 Å². The molecule has 0 bridgehead atoms. The van der Waals surface area contributed by atoms with Gasteiger partial charge >= 0.3 is 0 Å². The normalized spacial score (nSPS) is 16.1. The van der Waals surface area contributed by atoms with Crippen molar-refractivity contribution in [3.63, 3.8) is 0 Å². The number of carbonyl (C=O) groups is 2. The molecule has 2 aliphatic heterocycles. The smallest absolute Gasteiger partial charge is 0.254 e. The van der Waals surface area contributed by atoms with Crippen molar-refractivity contribution in [2.24, 2.45) is 0 Å². The Morgan fingerprint density at radius 1 is 0.966 bits per heavy atom. The molecular weight excluding hydrogens is 375 g/mol. The first-order valence-electron chi connectivity index (χ1n) is 9.74. The highest BCUT2D eigenvalue weighted by atomic mass is 19.1.